The molecule has 0 unspecified atom stereocenters. The minimum absolute atomic E-state index is 0.486. The molecule has 0 rings (SSSR count). The van der Waals surface area contributed by atoms with Crippen LogP contribution in [-0.2, 0) is 14.8 Å². The Kier molecular flexibility index (Phi) is 5.98. The molecule has 0 aromatic heterocycles. The second-order valence-corrected chi connectivity index (χ2v) is 5.20. The monoisotopic (exact) mass is 209 g/mol. The maximum absolute atomic E-state index is 11.0. The number of hydrogen-bond donors (Lipinski definition) is 1. The van der Waals surface area contributed by atoms with Crippen LogP contribution in [0.3, 0.4) is 0 Å². The van der Waals surface area contributed by atoms with Crippen molar-refractivity contribution in [3.63, 3.8) is 0 Å². The van der Waals surface area contributed by atoms with Gasteiger partial charge in [-0.1, -0.05) is 34.6 Å². The van der Waals surface area contributed by atoms with E-state index in [0.717, 1.165) is 6.26 Å². The van der Waals surface area contributed by atoms with Crippen LogP contribution in [0.25, 0.3) is 0 Å². The van der Waals surface area contributed by atoms with Crippen LogP contribution in [0, 0.1) is 5.41 Å². The number of amides is 1. The topological polar surface area (TPSA) is 63.2 Å². The molecule has 0 aliphatic rings. The summed E-state index contributed by atoms with van der Waals surface area (Å²) in [5.41, 5.74) is -0.664. The highest BCUT2D eigenvalue weighted by Gasteiger charge is 2.23. The molecule has 0 atom stereocenters. The third-order valence-corrected chi connectivity index (χ3v) is 1.52. The van der Waals surface area contributed by atoms with Crippen molar-refractivity contribution >= 4 is 15.9 Å². The molecule has 80 valence electrons. The molecule has 0 saturated carbocycles. The van der Waals surface area contributed by atoms with Gasteiger partial charge in [-0.05, 0) is 0 Å². The number of hydrogen-bond acceptors (Lipinski definition) is 3. The van der Waals surface area contributed by atoms with Crippen molar-refractivity contribution in [2.24, 2.45) is 5.41 Å². The van der Waals surface area contributed by atoms with Gasteiger partial charge in [-0.3, -0.25) is 9.52 Å². The largest absolute Gasteiger partial charge is 0.273 e. The van der Waals surface area contributed by atoms with Gasteiger partial charge in [0, 0.05) is 5.41 Å². The maximum Gasteiger partial charge on any atom is 0.238 e. The van der Waals surface area contributed by atoms with Gasteiger partial charge in [0.15, 0.2) is 0 Å². The molecule has 0 bridgehead atoms. The zero-order chi connectivity index (χ0) is 11.3. The minimum Gasteiger partial charge on any atom is -0.273 e. The fourth-order valence-corrected chi connectivity index (χ4v) is 0.964. The van der Waals surface area contributed by atoms with Crippen LogP contribution in [0.1, 0.15) is 34.6 Å². The summed E-state index contributed by atoms with van der Waals surface area (Å²) in [7, 11) is -3.41. The lowest BCUT2D eigenvalue weighted by atomic mass is 9.96. The van der Waals surface area contributed by atoms with Gasteiger partial charge in [-0.25, -0.2) is 8.42 Å². The average molecular weight is 209 g/mol. The summed E-state index contributed by atoms with van der Waals surface area (Å²) in [4.78, 5) is 11.0. The Morgan fingerprint density at radius 1 is 1.15 bits per heavy atom. The van der Waals surface area contributed by atoms with Crippen molar-refractivity contribution in [1.29, 1.82) is 0 Å². The molecule has 0 heterocycles. The highest BCUT2D eigenvalue weighted by Crippen LogP contribution is 2.12. The van der Waals surface area contributed by atoms with Gasteiger partial charge >= 0.3 is 0 Å². The Hall–Kier alpha value is -0.580. The van der Waals surface area contributed by atoms with Crippen LogP contribution >= 0.6 is 0 Å². The minimum atomic E-state index is -3.41. The standard InChI is InChI=1S/C6H13NO3S.C2H6/c1-6(2,3)5(8)7-11(4,9)10;1-2/h1-4H3,(H,7,8);1-2H3. The highest BCUT2D eigenvalue weighted by atomic mass is 32.2. The summed E-state index contributed by atoms with van der Waals surface area (Å²) < 4.78 is 23.0. The lowest BCUT2D eigenvalue weighted by molar-refractivity contribution is -0.126. The summed E-state index contributed by atoms with van der Waals surface area (Å²) in [5, 5.41) is 0. The molecule has 4 nitrogen and oxygen atoms in total. The van der Waals surface area contributed by atoms with Crippen molar-refractivity contribution in [1.82, 2.24) is 4.72 Å². The van der Waals surface area contributed by atoms with Crippen LogP contribution in [0.15, 0.2) is 0 Å². The first-order chi connectivity index (χ1) is 5.63. The van der Waals surface area contributed by atoms with Gasteiger partial charge in [-0.2, -0.15) is 0 Å². The Bertz CT molecular complexity index is 249. The van der Waals surface area contributed by atoms with Gasteiger partial charge in [0.2, 0.25) is 15.9 Å². The zero-order valence-electron chi connectivity index (χ0n) is 9.13. The lowest BCUT2D eigenvalue weighted by Crippen LogP contribution is -2.38. The highest BCUT2D eigenvalue weighted by molar-refractivity contribution is 7.89. The molecule has 0 radical (unpaired) electrons. The van der Waals surface area contributed by atoms with Crippen molar-refractivity contribution in [3.8, 4) is 0 Å². The van der Waals surface area contributed by atoms with E-state index in [4.69, 9.17) is 0 Å². The Balaban J connectivity index is 0. The van der Waals surface area contributed by atoms with Gasteiger partial charge < -0.3 is 0 Å². The fourth-order valence-electron chi connectivity index (χ4n) is 0.321. The second-order valence-electron chi connectivity index (χ2n) is 3.45. The first kappa shape index (κ1) is 14.9. The van der Waals surface area contributed by atoms with Crippen LogP contribution in [0.4, 0.5) is 0 Å². The molecular weight excluding hydrogens is 190 g/mol. The van der Waals surface area contributed by atoms with Crippen LogP contribution in [0.5, 0.6) is 0 Å². The van der Waals surface area contributed by atoms with Gasteiger partial charge in [0.05, 0.1) is 6.26 Å². The number of carbonyl (C=O) groups is 1. The number of sulfonamides is 1. The van der Waals surface area contributed by atoms with Crippen molar-refractivity contribution < 1.29 is 13.2 Å². The fraction of sp³-hybridized carbons (Fsp3) is 0.875. The molecule has 0 aromatic rings. The predicted molar refractivity (Wildman–Crippen MR) is 53.8 cm³/mol. The van der Waals surface area contributed by atoms with Gasteiger partial charge in [-0.15, -0.1) is 0 Å². The smallest absolute Gasteiger partial charge is 0.238 e. The Labute approximate surface area is 80.8 Å². The van der Waals surface area contributed by atoms with E-state index < -0.39 is 21.3 Å². The molecule has 0 aromatic carbocycles. The Morgan fingerprint density at radius 2 is 1.46 bits per heavy atom. The molecule has 0 aliphatic heterocycles. The third kappa shape index (κ3) is 9.33. The molecule has 13 heavy (non-hydrogen) atoms. The zero-order valence-corrected chi connectivity index (χ0v) is 9.95. The first-order valence-electron chi connectivity index (χ1n) is 4.15. The number of carbonyl (C=O) groups excluding carboxylic acids is 1. The van der Waals surface area contributed by atoms with Crippen molar-refractivity contribution in [3.05, 3.63) is 0 Å². The maximum atomic E-state index is 11.0. The average Bonchev–Trinajstić information content (AvgIpc) is 1.86. The SMILES string of the molecule is CC.CC(C)(C)C(=O)NS(C)(=O)=O. The summed E-state index contributed by atoms with van der Waals surface area (Å²) >= 11 is 0. The normalized spacial score (nSPS) is 11.2. The van der Waals surface area contributed by atoms with Crippen LogP contribution < -0.4 is 4.72 Å². The van der Waals surface area contributed by atoms with E-state index in [0.29, 0.717) is 0 Å². The Morgan fingerprint density at radius 3 is 1.54 bits per heavy atom. The first-order valence-corrected chi connectivity index (χ1v) is 6.04. The van der Waals surface area contributed by atoms with Crippen LogP contribution in [-0.4, -0.2) is 20.6 Å². The third-order valence-electron chi connectivity index (χ3n) is 0.959. The molecule has 0 spiro atoms. The number of nitrogens with one attached hydrogen (secondary N) is 1. The predicted octanol–water partition coefficient (Wildman–Crippen LogP) is 1.13. The molecule has 1 amide bonds. The summed E-state index contributed by atoms with van der Waals surface area (Å²) in [6, 6.07) is 0. The van der Waals surface area contributed by atoms with E-state index in [1.165, 1.54) is 0 Å². The molecular formula is C8H19NO3S. The van der Waals surface area contributed by atoms with E-state index >= 15 is 0 Å². The van der Waals surface area contributed by atoms with Gasteiger partial charge in [0.25, 0.3) is 0 Å². The molecule has 0 saturated heterocycles. The van der Waals surface area contributed by atoms with E-state index in [1.807, 2.05) is 18.6 Å². The van der Waals surface area contributed by atoms with E-state index in [9.17, 15) is 13.2 Å². The van der Waals surface area contributed by atoms with E-state index in [2.05, 4.69) is 0 Å². The molecule has 1 N–H and O–H groups in total. The van der Waals surface area contributed by atoms with Crippen molar-refractivity contribution in [2.45, 2.75) is 34.6 Å². The molecule has 5 heteroatoms. The van der Waals surface area contributed by atoms with E-state index in [1.54, 1.807) is 20.8 Å². The summed E-state index contributed by atoms with van der Waals surface area (Å²) in [6.45, 7) is 8.94. The molecule has 0 fully saturated rings. The van der Waals surface area contributed by atoms with Crippen molar-refractivity contribution in [2.75, 3.05) is 6.26 Å². The second kappa shape index (κ2) is 5.21. The summed E-state index contributed by atoms with van der Waals surface area (Å²) in [5.74, 6) is -0.486. The van der Waals surface area contributed by atoms with Gasteiger partial charge in [0.1, 0.15) is 0 Å². The van der Waals surface area contributed by atoms with E-state index in [-0.39, 0.29) is 0 Å². The molecule has 0 aliphatic carbocycles. The lowest BCUT2D eigenvalue weighted by Gasteiger charge is -2.15. The van der Waals surface area contributed by atoms with Crippen LogP contribution in [0.2, 0.25) is 0 Å². The number of rotatable bonds is 1. The summed E-state index contributed by atoms with van der Waals surface area (Å²) in [6.07, 6.45) is 0.955. The quantitative estimate of drug-likeness (QED) is 0.704.